The molecule has 0 radical (unpaired) electrons. The highest BCUT2D eigenvalue weighted by atomic mass is 35.5. The number of hydrogen-bond donors (Lipinski definition) is 1. The Hall–Kier alpha value is -0.710. The summed E-state index contributed by atoms with van der Waals surface area (Å²) in [7, 11) is 0. The lowest BCUT2D eigenvalue weighted by Crippen LogP contribution is -2.46. The number of benzene rings is 1. The summed E-state index contributed by atoms with van der Waals surface area (Å²) >= 11 is 7.69. The molecular weight excluding hydrogens is 292 g/mol. The third-order valence-electron chi connectivity index (χ3n) is 3.10. The van der Waals surface area contributed by atoms with Gasteiger partial charge < -0.3 is 10.6 Å². The van der Waals surface area contributed by atoms with Gasteiger partial charge in [0.15, 0.2) is 0 Å². The van der Waals surface area contributed by atoms with Crippen molar-refractivity contribution in [3.8, 4) is 0 Å². The van der Waals surface area contributed by atoms with E-state index < -0.39 is 6.04 Å². The van der Waals surface area contributed by atoms with Crippen LogP contribution < -0.4 is 5.73 Å². The molecule has 3 nitrogen and oxygen atoms in total. The molecule has 112 valence electrons. The minimum atomic E-state index is -0.427. The quantitative estimate of drug-likeness (QED) is 0.841. The topological polar surface area (TPSA) is 46.3 Å². The minimum absolute atomic E-state index is 0.00836. The van der Waals surface area contributed by atoms with Crippen molar-refractivity contribution in [1.29, 1.82) is 0 Å². The molecule has 0 saturated heterocycles. The lowest BCUT2D eigenvalue weighted by molar-refractivity contribution is -0.135. The predicted octanol–water partition coefficient (Wildman–Crippen LogP) is 3.16. The number of halogens is 1. The summed E-state index contributed by atoms with van der Waals surface area (Å²) in [6.07, 6.45) is 2.72. The number of rotatable bonds is 7. The van der Waals surface area contributed by atoms with Gasteiger partial charge in [-0.05, 0) is 50.0 Å². The summed E-state index contributed by atoms with van der Waals surface area (Å²) in [6, 6.07) is 7.27. The van der Waals surface area contributed by atoms with Gasteiger partial charge in [-0.3, -0.25) is 4.79 Å². The molecule has 1 aromatic carbocycles. The van der Waals surface area contributed by atoms with Gasteiger partial charge in [-0.2, -0.15) is 11.8 Å². The zero-order valence-electron chi connectivity index (χ0n) is 12.3. The Kier molecular flexibility index (Phi) is 7.41. The van der Waals surface area contributed by atoms with Gasteiger partial charge in [-0.1, -0.05) is 23.7 Å². The molecule has 0 aromatic heterocycles. The van der Waals surface area contributed by atoms with Crippen LogP contribution in [0.3, 0.4) is 0 Å². The number of hydrogen-bond acceptors (Lipinski definition) is 3. The van der Waals surface area contributed by atoms with E-state index in [0.717, 1.165) is 11.3 Å². The Labute approximate surface area is 130 Å². The zero-order valence-corrected chi connectivity index (χ0v) is 13.9. The summed E-state index contributed by atoms with van der Waals surface area (Å²) in [4.78, 5) is 14.3. The number of thioether (sulfide) groups is 1. The summed E-state index contributed by atoms with van der Waals surface area (Å²) in [5.74, 6) is 0.907. The first kappa shape index (κ1) is 17.3. The van der Waals surface area contributed by atoms with Crippen molar-refractivity contribution >= 4 is 29.3 Å². The molecular formula is C15H23ClN2OS. The molecule has 5 heteroatoms. The molecule has 1 rings (SSSR count). The summed E-state index contributed by atoms with van der Waals surface area (Å²) in [5.41, 5.74) is 7.02. The van der Waals surface area contributed by atoms with Gasteiger partial charge in [0.05, 0.1) is 6.04 Å². The maximum Gasteiger partial charge on any atom is 0.240 e. The van der Waals surface area contributed by atoms with Crippen LogP contribution in [0.1, 0.15) is 25.8 Å². The van der Waals surface area contributed by atoms with Crippen LogP contribution in [0.25, 0.3) is 0 Å². The van der Waals surface area contributed by atoms with Crippen molar-refractivity contribution in [2.24, 2.45) is 5.73 Å². The van der Waals surface area contributed by atoms with E-state index in [9.17, 15) is 4.79 Å². The monoisotopic (exact) mass is 314 g/mol. The van der Waals surface area contributed by atoms with E-state index in [2.05, 4.69) is 0 Å². The molecule has 0 bridgehead atoms. The second-order valence-electron chi connectivity index (χ2n) is 5.08. The fourth-order valence-electron chi connectivity index (χ4n) is 1.93. The number of nitrogens with zero attached hydrogens (tertiary/aromatic N) is 1. The van der Waals surface area contributed by atoms with Crippen LogP contribution in [-0.4, -0.2) is 34.9 Å². The largest absolute Gasteiger partial charge is 0.335 e. The average Bonchev–Trinajstić information content (AvgIpc) is 2.41. The van der Waals surface area contributed by atoms with Crippen molar-refractivity contribution in [2.45, 2.75) is 38.9 Å². The number of carbonyl (C=O) groups excluding carboxylic acids is 1. The van der Waals surface area contributed by atoms with Crippen LogP contribution in [-0.2, 0) is 11.3 Å². The SMILES string of the molecule is CSCC[C@H](N)C(=O)N(Cc1cccc(Cl)c1)C(C)C. The molecule has 20 heavy (non-hydrogen) atoms. The van der Waals surface area contributed by atoms with Gasteiger partial charge >= 0.3 is 0 Å². The molecule has 0 aliphatic carbocycles. The van der Waals surface area contributed by atoms with Gasteiger partial charge in [0.1, 0.15) is 0 Å². The Morgan fingerprint density at radius 1 is 1.45 bits per heavy atom. The van der Waals surface area contributed by atoms with Crippen molar-refractivity contribution < 1.29 is 4.79 Å². The Morgan fingerprint density at radius 3 is 2.70 bits per heavy atom. The maximum atomic E-state index is 12.4. The van der Waals surface area contributed by atoms with Crippen molar-refractivity contribution in [3.05, 3.63) is 34.9 Å². The molecule has 2 N–H and O–H groups in total. The van der Waals surface area contributed by atoms with E-state index in [1.54, 1.807) is 11.8 Å². The van der Waals surface area contributed by atoms with Crippen molar-refractivity contribution in [1.82, 2.24) is 4.90 Å². The fourth-order valence-corrected chi connectivity index (χ4v) is 2.63. The first-order valence-electron chi connectivity index (χ1n) is 6.75. The predicted molar refractivity (Wildman–Crippen MR) is 88.1 cm³/mol. The Balaban J connectivity index is 2.76. The highest BCUT2D eigenvalue weighted by molar-refractivity contribution is 7.98. The van der Waals surface area contributed by atoms with Crippen LogP contribution in [0.4, 0.5) is 0 Å². The zero-order chi connectivity index (χ0) is 15.1. The van der Waals surface area contributed by atoms with Gasteiger partial charge in [-0.15, -0.1) is 0 Å². The summed E-state index contributed by atoms with van der Waals surface area (Å²) < 4.78 is 0. The normalized spacial score (nSPS) is 12.5. The smallest absolute Gasteiger partial charge is 0.240 e. The molecule has 1 atom stereocenters. The van der Waals surface area contributed by atoms with Crippen molar-refractivity contribution in [3.63, 3.8) is 0 Å². The lowest BCUT2D eigenvalue weighted by Gasteiger charge is -2.29. The molecule has 0 fully saturated rings. The molecule has 0 heterocycles. The van der Waals surface area contributed by atoms with Crippen LogP contribution in [0, 0.1) is 0 Å². The van der Waals surface area contributed by atoms with Crippen molar-refractivity contribution in [2.75, 3.05) is 12.0 Å². The van der Waals surface area contributed by atoms with Crippen LogP contribution in [0.5, 0.6) is 0 Å². The van der Waals surface area contributed by atoms with E-state index in [-0.39, 0.29) is 11.9 Å². The Morgan fingerprint density at radius 2 is 2.15 bits per heavy atom. The van der Waals surface area contributed by atoms with Gasteiger partial charge in [0, 0.05) is 17.6 Å². The summed E-state index contributed by atoms with van der Waals surface area (Å²) in [5, 5.41) is 0.685. The van der Waals surface area contributed by atoms with Gasteiger partial charge in [0.25, 0.3) is 0 Å². The van der Waals surface area contributed by atoms with Gasteiger partial charge in [0.2, 0.25) is 5.91 Å². The minimum Gasteiger partial charge on any atom is -0.335 e. The molecule has 1 amide bonds. The molecule has 0 saturated carbocycles. The average molecular weight is 315 g/mol. The highest BCUT2D eigenvalue weighted by Gasteiger charge is 2.23. The Bertz CT molecular complexity index is 440. The molecule has 0 spiro atoms. The fraction of sp³-hybridized carbons (Fsp3) is 0.533. The number of nitrogens with two attached hydrogens (primary N) is 1. The third kappa shape index (κ3) is 5.35. The van der Waals surface area contributed by atoms with Crippen LogP contribution >= 0.6 is 23.4 Å². The van der Waals surface area contributed by atoms with E-state index in [1.807, 2.05) is 49.3 Å². The molecule has 1 aromatic rings. The molecule has 0 aliphatic heterocycles. The third-order valence-corrected chi connectivity index (χ3v) is 3.98. The first-order valence-corrected chi connectivity index (χ1v) is 8.52. The summed E-state index contributed by atoms with van der Waals surface area (Å²) in [6.45, 7) is 4.55. The van der Waals surface area contributed by atoms with E-state index in [4.69, 9.17) is 17.3 Å². The molecule has 0 unspecified atom stereocenters. The van der Waals surface area contributed by atoms with Crippen LogP contribution in [0.15, 0.2) is 24.3 Å². The first-order chi connectivity index (χ1) is 9.45. The van der Waals surface area contributed by atoms with E-state index in [1.165, 1.54) is 0 Å². The second kappa shape index (κ2) is 8.55. The number of amides is 1. The molecule has 0 aliphatic rings. The second-order valence-corrected chi connectivity index (χ2v) is 6.50. The van der Waals surface area contributed by atoms with Crippen LogP contribution in [0.2, 0.25) is 5.02 Å². The highest BCUT2D eigenvalue weighted by Crippen LogP contribution is 2.15. The lowest BCUT2D eigenvalue weighted by atomic mass is 10.1. The van der Waals surface area contributed by atoms with E-state index >= 15 is 0 Å². The van der Waals surface area contributed by atoms with Gasteiger partial charge in [-0.25, -0.2) is 0 Å². The maximum absolute atomic E-state index is 12.4. The van der Waals surface area contributed by atoms with E-state index in [0.29, 0.717) is 18.0 Å². The standard InChI is InChI=1S/C15H23ClN2OS/c1-11(2)18(15(19)14(17)7-8-20-3)10-12-5-4-6-13(16)9-12/h4-6,9,11,14H,7-8,10,17H2,1-3H3/t14-/m0/s1. The number of carbonyl (C=O) groups is 1.